The van der Waals surface area contributed by atoms with Gasteiger partial charge in [-0.15, -0.1) is 5.10 Å². The molecule has 0 bridgehead atoms. The van der Waals surface area contributed by atoms with Crippen molar-refractivity contribution in [2.75, 3.05) is 29.9 Å². The Kier molecular flexibility index (Phi) is 3.65. The standard InChI is InChI=1S/C16H20N6S/c1-11-4-3-5-14(18-11)17-8-13-6-7-21(10-13)16-20-22-9-12(2)19-15(22)23-16/h3-5,9,13H,6-8,10H2,1-2H3,(H,17,18). The van der Waals surface area contributed by atoms with Gasteiger partial charge in [-0.1, -0.05) is 17.4 Å². The lowest BCUT2D eigenvalue weighted by atomic mass is 10.1. The van der Waals surface area contributed by atoms with E-state index >= 15 is 0 Å². The molecule has 0 spiro atoms. The Balaban J connectivity index is 1.37. The number of aryl methyl sites for hydroxylation is 2. The summed E-state index contributed by atoms with van der Waals surface area (Å²) in [6.45, 7) is 7.06. The van der Waals surface area contributed by atoms with Crippen molar-refractivity contribution in [1.29, 1.82) is 0 Å². The molecule has 1 aliphatic heterocycles. The first-order valence-electron chi connectivity index (χ1n) is 7.93. The predicted molar refractivity (Wildman–Crippen MR) is 93.4 cm³/mol. The minimum absolute atomic E-state index is 0.621. The average Bonchev–Trinajstić information content (AvgIpc) is 3.19. The summed E-state index contributed by atoms with van der Waals surface area (Å²) in [7, 11) is 0. The van der Waals surface area contributed by atoms with E-state index in [1.54, 1.807) is 11.3 Å². The molecule has 0 aliphatic carbocycles. The molecule has 3 aromatic rings. The normalized spacial score (nSPS) is 18.0. The fourth-order valence-corrected chi connectivity index (χ4v) is 3.95. The van der Waals surface area contributed by atoms with Gasteiger partial charge >= 0.3 is 0 Å². The fraction of sp³-hybridized carbons (Fsp3) is 0.438. The highest BCUT2D eigenvalue weighted by molar-refractivity contribution is 7.20. The second-order valence-electron chi connectivity index (χ2n) is 6.14. The van der Waals surface area contributed by atoms with Crippen LogP contribution in [0.25, 0.3) is 4.96 Å². The monoisotopic (exact) mass is 328 g/mol. The van der Waals surface area contributed by atoms with Gasteiger partial charge in [0.1, 0.15) is 5.82 Å². The lowest BCUT2D eigenvalue weighted by molar-refractivity contribution is 0.621. The topological polar surface area (TPSA) is 58.4 Å². The maximum absolute atomic E-state index is 4.65. The Labute approximate surface area is 139 Å². The molecule has 0 saturated carbocycles. The van der Waals surface area contributed by atoms with Crippen LogP contribution in [-0.2, 0) is 0 Å². The van der Waals surface area contributed by atoms with Gasteiger partial charge in [0.05, 0.1) is 11.9 Å². The van der Waals surface area contributed by atoms with Crippen molar-refractivity contribution in [1.82, 2.24) is 19.6 Å². The van der Waals surface area contributed by atoms with E-state index in [0.29, 0.717) is 5.92 Å². The molecule has 1 unspecified atom stereocenters. The highest BCUT2D eigenvalue weighted by Gasteiger charge is 2.25. The molecule has 1 fully saturated rings. The van der Waals surface area contributed by atoms with Gasteiger partial charge in [0, 0.05) is 25.3 Å². The van der Waals surface area contributed by atoms with E-state index in [-0.39, 0.29) is 0 Å². The van der Waals surface area contributed by atoms with Crippen molar-refractivity contribution in [2.24, 2.45) is 5.92 Å². The van der Waals surface area contributed by atoms with Gasteiger partial charge in [0.25, 0.3) is 0 Å². The summed E-state index contributed by atoms with van der Waals surface area (Å²) in [6.07, 6.45) is 3.16. The highest BCUT2D eigenvalue weighted by Crippen LogP contribution is 2.28. The van der Waals surface area contributed by atoms with Crippen LogP contribution in [0.1, 0.15) is 17.8 Å². The van der Waals surface area contributed by atoms with Crippen molar-refractivity contribution in [3.05, 3.63) is 35.8 Å². The Hall–Kier alpha value is -2.15. The van der Waals surface area contributed by atoms with Crippen LogP contribution in [0, 0.1) is 19.8 Å². The number of nitrogens with zero attached hydrogens (tertiary/aromatic N) is 5. The third-order valence-corrected chi connectivity index (χ3v) is 5.15. The fourth-order valence-electron chi connectivity index (χ4n) is 2.99. The Bertz CT molecular complexity index is 791. The number of anilines is 2. The minimum Gasteiger partial charge on any atom is -0.370 e. The molecular weight excluding hydrogens is 308 g/mol. The van der Waals surface area contributed by atoms with Gasteiger partial charge in [-0.25, -0.2) is 14.5 Å². The highest BCUT2D eigenvalue weighted by atomic mass is 32.1. The van der Waals surface area contributed by atoms with Crippen LogP contribution in [0.2, 0.25) is 0 Å². The molecule has 4 heterocycles. The number of fused-ring (bicyclic) bond motifs is 1. The number of imidazole rings is 1. The van der Waals surface area contributed by atoms with Crippen molar-refractivity contribution < 1.29 is 0 Å². The molecule has 4 rings (SSSR count). The third kappa shape index (κ3) is 3.01. The van der Waals surface area contributed by atoms with Crippen LogP contribution < -0.4 is 10.2 Å². The predicted octanol–water partition coefficient (Wildman–Crippen LogP) is 2.74. The first-order chi connectivity index (χ1) is 11.2. The van der Waals surface area contributed by atoms with E-state index in [2.05, 4.69) is 25.3 Å². The maximum Gasteiger partial charge on any atom is 0.214 e. The molecule has 23 heavy (non-hydrogen) atoms. The van der Waals surface area contributed by atoms with Crippen LogP contribution in [0.15, 0.2) is 24.4 Å². The molecule has 0 aromatic carbocycles. The summed E-state index contributed by atoms with van der Waals surface area (Å²) in [5.41, 5.74) is 2.06. The van der Waals surface area contributed by atoms with Gasteiger partial charge in [-0.05, 0) is 38.3 Å². The quantitative estimate of drug-likeness (QED) is 0.798. The molecule has 6 nitrogen and oxygen atoms in total. The molecule has 120 valence electrons. The number of hydrogen-bond acceptors (Lipinski definition) is 6. The second-order valence-corrected chi connectivity index (χ2v) is 7.07. The van der Waals surface area contributed by atoms with Gasteiger partial charge in [0.2, 0.25) is 10.1 Å². The van der Waals surface area contributed by atoms with Crippen LogP contribution >= 0.6 is 11.3 Å². The van der Waals surface area contributed by atoms with Crippen molar-refractivity contribution in [3.63, 3.8) is 0 Å². The number of pyridine rings is 1. The van der Waals surface area contributed by atoms with E-state index in [9.17, 15) is 0 Å². The van der Waals surface area contributed by atoms with Gasteiger partial charge in [0.15, 0.2) is 0 Å². The molecule has 1 N–H and O–H groups in total. The van der Waals surface area contributed by atoms with Crippen molar-refractivity contribution >= 4 is 27.2 Å². The van der Waals surface area contributed by atoms with Crippen molar-refractivity contribution in [2.45, 2.75) is 20.3 Å². The number of aromatic nitrogens is 4. The van der Waals surface area contributed by atoms with E-state index in [0.717, 1.165) is 46.9 Å². The van der Waals surface area contributed by atoms with E-state index in [4.69, 9.17) is 0 Å². The van der Waals surface area contributed by atoms with Crippen LogP contribution in [0.4, 0.5) is 10.9 Å². The summed E-state index contributed by atoms with van der Waals surface area (Å²) in [4.78, 5) is 12.3. The second kappa shape index (κ2) is 5.81. The van der Waals surface area contributed by atoms with E-state index in [1.807, 2.05) is 42.8 Å². The molecule has 1 saturated heterocycles. The molecule has 3 aromatic heterocycles. The number of rotatable bonds is 4. The molecule has 1 atom stereocenters. The average molecular weight is 328 g/mol. The Morgan fingerprint density at radius 1 is 1.26 bits per heavy atom. The molecule has 0 radical (unpaired) electrons. The summed E-state index contributed by atoms with van der Waals surface area (Å²) >= 11 is 1.67. The number of hydrogen-bond donors (Lipinski definition) is 1. The molecule has 1 aliphatic rings. The first-order valence-corrected chi connectivity index (χ1v) is 8.74. The van der Waals surface area contributed by atoms with Crippen LogP contribution in [0.5, 0.6) is 0 Å². The zero-order chi connectivity index (χ0) is 15.8. The minimum atomic E-state index is 0.621. The van der Waals surface area contributed by atoms with Gasteiger partial charge in [-0.3, -0.25) is 0 Å². The summed E-state index contributed by atoms with van der Waals surface area (Å²) < 4.78 is 1.89. The zero-order valence-electron chi connectivity index (χ0n) is 13.4. The zero-order valence-corrected chi connectivity index (χ0v) is 14.2. The lowest BCUT2D eigenvalue weighted by Gasteiger charge is -2.15. The van der Waals surface area contributed by atoms with Gasteiger partial charge in [-0.2, -0.15) is 0 Å². The summed E-state index contributed by atoms with van der Waals surface area (Å²) in [5, 5.41) is 9.17. The number of nitrogens with one attached hydrogen (secondary N) is 1. The van der Waals surface area contributed by atoms with Crippen molar-refractivity contribution in [3.8, 4) is 0 Å². The van der Waals surface area contributed by atoms with Crippen LogP contribution in [-0.4, -0.2) is 39.2 Å². The smallest absolute Gasteiger partial charge is 0.214 e. The molecule has 0 amide bonds. The summed E-state index contributed by atoms with van der Waals surface area (Å²) in [6, 6.07) is 6.08. The SMILES string of the molecule is Cc1cccc(NCC2CCN(c3nn4cc(C)nc4s3)C2)n1. The molecule has 7 heteroatoms. The van der Waals surface area contributed by atoms with Gasteiger partial charge < -0.3 is 10.2 Å². The maximum atomic E-state index is 4.65. The lowest BCUT2D eigenvalue weighted by Crippen LogP contribution is -2.22. The van der Waals surface area contributed by atoms with Crippen LogP contribution in [0.3, 0.4) is 0 Å². The largest absolute Gasteiger partial charge is 0.370 e. The molecular formula is C16H20N6S. The van der Waals surface area contributed by atoms with E-state index < -0.39 is 0 Å². The Morgan fingerprint density at radius 2 is 2.17 bits per heavy atom. The Morgan fingerprint density at radius 3 is 3.00 bits per heavy atom. The third-order valence-electron chi connectivity index (χ3n) is 4.17. The first kappa shape index (κ1) is 14.4. The summed E-state index contributed by atoms with van der Waals surface area (Å²) in [5.74, 6) is 1.59. The van der Waals surface area contributed by atoms with E-state index in [1.165, 1.54) is 6.42 Å².